The van der Waals surface area contributed by atoms with Crippen molar-refractivity contribution in [3.8, 4) is 11.3 Å². The van der Waals surface area contributed by atoms with E-state index in [2.05, 4.69) is 42.2 Å². The summed E-state index contributed by atoms with van der Waals surface area (Å²) >= 11 is 1.72. The van der Waals surface area contributed by atoms with E-state index in [-0.39, 0.29) is 0 Å². The van der Waals surface area contributed by atoms with E-state index in [0.29, 0.717) is 0 Å². The maximum atomic E-state index is 4.85. The minimum atomic E-state index is 0.931. The van der Waals surface area contributed by atoms with Gasteiger partial charge in [-0.3, -0.25) is 4.98 Å². The highest BCUT2D eigenvalue weighted by Crippen LogP contribution is 2.36. The van der Waals surface area contributed by atoms with E-state index in [4.69, 9.17) is 9.97 Å². The van der Waals surface area contributed by atoms with E-state index in [1.807, 2.05) is 25.3 Å². The summed E-state index contributed by atoms with van der Waals surface area (Å²) in [5.41, 5.74) is 5.09. The lowest BCUT2D eigenvalue weighted by Gasteiger charge is -2.17. The number of anilines is 1. The monoisotopic (exact) mass is 320 g/mol. The summed E-state index contributed by atoms with van der Waals surface area (Å²) < 4.78 is 1.20. The molecule has 0 amide bonds. The average molecular weight is 320 g/mol. The molecule has 4 rings (SSSR count). The Morgan fingerprint density at radius 3 is 2.70 bits per heavy atom. The van der Waals surface area contributed by atoms with Gasteiger partial charge < -0.3 is 4.90 Å². The molecule has 23 heavy (non-hydrogen) atoms. The van der Waals surface area contributed by atoms with Crippen molar-refractivity contribution in [2.75, 3.05) is 19.0 Å². The molecule has 3 heterocycles. The zero-order chi connectivity index (χ0) is 16.0. The molecule has 0 saturated heterocycles. The summed E-state index contributed by atoms with van der Waals surface area (Å²) in [6.07, 6.45) is 3.62. The van der Waals surface area contributed by atoms with Crippen molar-refractivity contribution in [3.05, 3.63) is 47.7 Å². The molecular weight excluding hydrogens is 304 g/mol. The highest BCUT2D eigenvalue weighted by Gasteiger charge is 2.14. The van der Waals surface area contributed by atoms with E-state index in [0.717, 1.165) is 38.4 Å². The smallest absolute Gasteiger partial charge is 0.0930 e. The molecule has 114 valence electrons. The summed E-state index contributed by atoms with van der Waals surface area (Å²) in [5.74, 6) is 0. The molecule has 0 radical (unpaired) electrons. The standard InChI is InChI=1S/C18H16N4S/c1-11-20-18-16(23-11)7-6-13-17(18)15(22(2)3)9-14(21-13)12-5-4-8-19-10-12/h4-10H,1-3H3. The minimum absolute atomic E-state index is 0.931. The van der Waals surface area contributed by atoms with Gasteiger partial charge in [-0.2, -0.15) is 0 Å². The third-order valence-corrected chi connectivity index (χ3v) is 4.79. The van der Waals surface area contributed by atoms with Gasteiger partial charge in [-0.05, 0) is 37.3 Å². The van der Waals surface area contributed by atoms with Crippen LogP contribution in [0.15, 0.2) is 42.7 Å². The molecule has 3 aromatic heterocycles. The highest BCUT2D eigenvalue weighted by molar-refractivity contribution is 7.18. The Morgan fingerprint density at radius 2 is 1.96 bits per heavy atom. The van der Waals surface area contributed by atoms with Gasteiger partial charge in [0.25, 0.3) is 0 Å². The Bertz CT molecular complexity index is 1010. The SMILES string of the molecule is Cc1nc2c(ccc3nc(-c4cccnc4)cc(N(C)C)c32)s1. The number of pyridine rings is 2. The number of hydrogen-bond donors (Lipinski definition) is 0. The second-order valence-corrected chi connectivity index (χ2v) is 6.94. The van der Waals surface area contributed by atoms with Gasteiger partial charge >= 0.3 is 0 Å². The lowest BCUT2D eigenvalue weighted by molar-refractivity contribution is 1.14. The number of nitrogens with zero attached hydrogens (tertiary/aromatic N) is 4. The minimum Gasteiger partial charge on any atom is -0.377 e. The van der Waals surface area contributed by atoms with Crippen molar-refractivity contribution in [1.29, 1.82) is 0 Å². The molecule has 0 bridgehead atoms. The molecule has 0 fully saturated rings. The first-order valence-electron chi connectivity index (χ1n) is 7.42. The molecule has 0 N–H and O–H groups in total. The maximum Gasteiger partial charge on any atom is 0.0930 e. The van der Waals surface area contributed by atoms with Crippen LogP contribution in [0.5, 0.6) is 0 Å². The topological polar surface area (TPSA) is 41.9 Å². The van der Waals surface area contributed by atoms with E-state index >= 15 is 0 Å². The molecule has 0 aliphatic heterocycles. The lowest BCUT2D eigenvalue weighted by Crippen LogP contribution is -2.10. The van der Waals surface area contributed by atoms with Crippen LogP contribution in [0, 0.1) is 6.92 Å². The van der Waals surface area contributed by atoms with Gasteiger partial charge in [0.05, 0.1) is 37.5 Å². The molecule has 4 nitrogen and oxygen atoms in total. The van der Waals surface area contributed by atoms with Crippen LogP contribution in [0.3, 0.4) is 0 Å². The summed E-state index contributed by atoms with van der Waals surface area (Å²) in [5, 5.41) is 2.19. The number of hydrogen-bond acceptors (Lipinski definition) is 5. The van der Waals surface area contributed by atoms with E-state index < -0.39 is 0 Å². The van der Waals surface area contributed by atoms with Gasteiger partial charge in [0.1, 0.15) is 0 Å². The van der Waals surface area contributed by atoms with Crippen molar-refractivity contribution in [2.24, 2.45) is 0 Å². The van der Waals surface area contributed by atoms with Crippen LogP contribution in [0.2, 0.25) is 0 Å². The number of aryl methyl sites for hydroxylation is 1. The fourth-order valence-electron chi connectivity index (χ4n) is 2.82. The van der Waals surface area contributed by atoms with E-state index in [1.54, 1.807) is 17.5 Å². The second kappa shape index (κ2) is 5.28. The highest BCUT2D eigenvalue weighted by atomic mass is 32.1. The van der Waals surface area contributed by atoms with Crippen LogP contribution < -0.4 is 4.90 Å². The van der Waals surface area contributed by atoms with Crippen LogP contribution in [0.1, 0.15) is 5.01 Å². The van der Waals surface area contributed by atoms with Crippen LogP contribution in [0.25, 0.3) is 32.4 Å². The predicted molar refractivity (Wildman–Crippen MR) is 97.2 cm³/mol. The second-order valence-electron chi connectivity index (χ2n) is 5.70. The van der Waals surface area contributed by atoms with Gasteiger partial charge in [0.15, 0.2) is 0 Å². The lowest BCUT2D eigenvalue weighted by atomic mass is 10.1. The van der Waals surface area contributed by atoms with Crippen molar-refractivity contribution in [1.82, 2.24) is 15.0 Å². The fourth-order valence-corrected chi connectivity index (χ4v) is 3.65. The molecule has 5 heteroatoms. The molecule has 0 aliphatic carbocycles. The molecule has 4 aromatic rings. The zero-order valence-electron chi connectivity index (χ0n) is 13.2. The molecule has 0 spiro atoms. The van der Waals surface area contributed by atoms with Gasteiger partial charge in [-0.25, -0.2) is 9.97 Å². The number of aromatic nitrogens is 3. The number of fused-ring (bicyclic) bond motifs is 3. The normalized spacial score (nSPS) is 11.3. The van der Waals surface area contributed by atoms with Crippen LogP contribution in [-0.4, -0.2) is 29.0 Å². The number of benzene rings is 1. The van der Waals surface area contributed by atoms with Crippen molar-refractivity contribution in [2.45, 2.75) is 6.92 Å². The van der Waals surface area contributed by atoms with Crippen LogP contribution in [-0.2, 0) is 0 Å². The Labute approximate surface area is 138 Å². The zero-order valence-corrected chi connectivity index (χ0v) is 14.1. The Kier molecular flexibility index (Phi) is 3.23. The Morgan fingerprint density at radius 1 is 1.09 bits per heavy atom. The van der Waals surface area contributed by atoms with Gasteiger partial charge in [0, 0.05) is 32.1 Å². The van der Waals surface area contributed by atoms with Gasteiger partial charge in [-0.15, -0.1) is 11.3 Å². The molecule has 0 atom stereocenters. The molecule has 0 unspecified atom stereocenters. The van der Waals surface area contributed by atoms with Crippen molar-refractivity contribution < 1.29 is 0 Å². The summed E-state index contributed by atoms with van der Waals surface area (Å²) in [6, 6.07) is 10.3. The maximum absolute atomic E-state index is 4.85. The summed E-state index contributed by atoms with van der Waals surface area (Å²) in [7, 11) is 4.11. The molecule has 0 aliphatic rings. The number of thiazole rings is 1. The van der Waals surface area contributed by atoms with E-state index in [9.17, 15) is 0 Å². The third-order valence-electron chi connectivity index (χ3n) is 3.86. The van der Waals surface area contributed by atoms with E-state index in [1.165, 1.54) is 4.70 Å². The van der Waals surface area contributed by atoms with Crippen molar-refractivity contribution in [3.63, 3.8) is 0 Å². The van der Waals surface area contributed by atoms with Crippen LogP contribution >= 0.6 is 11.3 Å². The quantitative estimate of drug-likeness (QED) is 0.553. The van der Waals surface area contributed by atoms with Gasteiger partial charge in [-0.1, -0.05) is 0 Å². The summed E-state index contributed by atoms with van der Waals surface area (Å²) in [6.45, 7) is 2.04. The fraction of sp³-hybridized carbons (Fsp3) is 0.167. The number of rotatable bonds is 2. The molecular formula is C18H16N4S. The predicted octanol–water partition coefficient (Wildman–Crippen LogP) is 4.28. The Hall–Kier alpha value is -2.53. The largest absolute Gasteiger partial charge is 0.377 e. The van der Waals surface area contributed by atoms with Gasteiger partial charge in [0.2, 0.25) is 0 Å². The first-order valence-corrected chi connectivity index (χ1v) is 8.24. The first kappa shape index (κ1) is 14.1. The molecule has 1 aromatic carbocycles. The Balaban J connectivity index is 2.09. The summed E-state index contributed by atoms with van der Waals surface area (Å²) in [4.78, 5) is 15.9. The third kappa shape index (κ3) is 2.33. The van der Waals surface area contributed by atoms with Crippen molar-refractivity contribution >= 4 is 38.1 Å². The first-order chi connectivity index (χ1) is 11.1. The molecule has 0 saturated carbocycles. The van der Waals surface area contributed by atoms with Crippen LogP contribution in [0.4, 0.5) is 5.69 Å². The average Bonchev–Trinajstić information content (AvgIpc) is 2.95.